The number of amides is 1. The number of alkyl halides is 3. The van der Waals surface area contributed by atoms with Crippen molar-refractivity contribution in [3.05, 3.63) is 47.9 Å². The van der Waals surface area contributed by atoms with Crippen molar-refractivity contribution in [2.75, 3.05) is 4.90 Å². The van der Waals surface area contributed by atoms with E-state index in [9.17, 15) is 27.9 Å². The summed E-state index contributed by atoms with van der Waals surface area (Å²) in [6.45, 7) is 0. The van der Waals surface area contributed by atoms with Gasteiger partial charge in [0.1, 0.15) is 0 Å². The SMILES string of the molecule is O=Cc1cncc(N2C(=O)C(O)(C(F)(F)F)C3CC=CC=C32)c1. The standard InChI is InChI=1S/C15H11F3N2O3/c16-15(17,18)14(23)11-3-1-2-4-12(11)20(13(14)22)10-5-9(8-21)6-19-7-10/h1-2,4-8,11,23H,3H2. The maximum Gasteiger partial charge on any atom is 0.427 e. The third-order valence-corrected chi connectivity index (χ3v) is 3.99. The molecule has 0 aromatic carbocycles. The van der Waals surface area contributed by atoms with E-state index in [0.29, 0.717) is 6.29 Å². The van der Waals surface area contributed by atoms with E-state index in [0.717, 1.165) is 4.90 Å². The molecule has 23 heavy (non-hydrogen) atoms. The second kappa shape index (κ2) is 5.02. The van der Waals surface area contributed by atoms with E-state index in [1.165, 1.54) is 36.7 Å². The fourth-order valence-electron chi connectivity index (χ4n) is 2.89. The van der Waals surface area contributed by atoms with E-state index in [1.54, 1.807) is 0 Å². The molecule has 1 saturated heterocycles. The van der Waals surface area contributed by atoms with E-state index >= 15 is 0 Å². The van der Waals surface area contributed by atoms with Crippen LogP contribution >= 0.6 is 0 Å². The topological polar surface area (TPSA) is 70.5 Å². The second-order valence-corrected chi connectivity index (χ2v) is 5.31. The molecule has 0 saturated carbocycles. The maximum atomic E-state index is 13.4. The molecule has 0 spiro atoms. The van der Waals surface area contributed by atoms with Crippen molar-refractivity contribution in [3.63, 3.8) is 0 Å². The molecule has 3 rings (SSSR count). The lowest BCUT2D eigenvalue weighted by molar-refractivity contribution is -0.257. The molecule has 1 aromatic heterocycles. The van der Waals surface area contributed by atoms with Crippen LogP contribution in [0.4, 0.5) is 18.9 Å². The highest BCUT2D eigenvalue weighted by Gasteiger charge is 2.70. The first-order chi connectivity index (χ1) is 10.8. The van der Waals surface area contributed by atoms with Gasteiger partial charge in [0.05, 0.1) is 17.8 Å². The molecule has 0 radical (unpaired) electrons. The Bertz CT molecular complexity index is 742. The maximum absolute atomic E-state index is 13.4. The van der Waals surface area contributed by atoms with Crippen LogP contribution in [0.15, 0.2) is 42.4 Å². The normalized spacial score (nSPS) is 27.0. The number of halogens is 3. The van der Waals surface area contributed by atoms with Crippen molar-refractivity contribution in [1.29, 1.82) is 0 Å². The van der Waals surface area contributed by atoms with E-state index in [4.69, 9.17) is 0 Å². The number of hydrogen-bond acceptors (Lipinski definition) is 4. The number of rotatable bonds is 2. The Hall–Kier alpha value is -2.48. The van der Waals surface area contributed by atoms with E-state index < -0.39 is 23.6 Å². The summed E-state index contributed by atoms with van der Waals surface area (Å²) in [5.74, 6) is -2.92. The number of anilines is 1. The number of aldehydes is 1. The van der Waals surface area contributed by atoms with Gasteiger partial charge in [-0.15, -0.1) is 0 Å². The van der Waals surface area contributed by atoms with Gasteiger partial charge in [0.15, 0.2) is 6.29 Å². The van der Waals surface area contributed by atoms with Crippen LogP contribution in [-0.2, 0) is 4.79 Å². The van der Waals surface area contributed by atoms with Crippen LogP contribution in [0.2, 0.25) is 0 Å². The van der Waals surface area contributed by atoms with Crippen molar-refractivity contribution in [2.45, 2.75) is 18.2 Å². The second-order valence-electron chi connectivity index (χ2n) is 5.31. The molecular weight excluding hydrogens is 313 g/mol. The fourth-order valence-corrected chi connectivity index (χ4v) is 2.89. The van der Waals surface area contributed by atoms with Crippen LogP contribution in [0, 0.1) is 5.92 Å². The Balaban J connectivity index is 2.17. The molecular formula is C15H11F3N2O3. The first kappa shape index (κ1) is 15.4. The molecule has 1 aliphatic carbocycles. The van der Waals surface area contributed by atoms with Gasteiger partial charge in [-0.2, -0.15) is 13.2 Å². The zero-order chi connectivity index (χ0) is 16.8. The number of pyridine rings is 1. The molecule has 120 valence electrons. The number of carbonyl (C=O) groups excluding carboxylic acids is 2. The van der Waals surface area contributed by atoms with Gasteiger partial charge < -0.3 is 5.11 Å². The molecule has 1 N–H and O–H groups in total. The highest BCUT2D eigenvalue weighted by atomic mass is 19.4. The Kier molecular flexibility index (Phi) is 3.36. The van der Waals surface area contributed by atoms with Crippen molar-refractivity contribution in [1.82, 2.24) is 4.98 Å². The van der Waals surface area contributed by atoms with Gasteiger partial charge in [0.2, 0.25) is 5.60 Å². The number of carbonyl (C=O) groups is 2. The van der Waals surface area contributed by atoms with Gasteiger partial charge in [-0.25, -0.2) is 0 Å². The third kappa shape index (κ3) is 2.09. The predicted molar refractivity (Wildman–Crippen MR) is 73.4 cm³/mol. The summed E-state index contributed by atoms with van der Waals surface area (Å²) in [5, 5.41) is 10.2. The Morgan fingerprint density at radius 1 is 1.39 bits per heavy atom. The summed E-state index contributed by atoms with van der Waals surface area (Å²) < 4.78 is 40.1. The molecule has 2 aliphatic rings. The molecule has 1 aliphatic heterocycles. The summed E-state index contributed by atoms with van der Waals surface area (Å²) in [5.41, 5.74) is -3.35. The van der Waals surface area contributed by atoms with Gasteiger partial charge in [0.25, 0.3) is 5.91 Å². The van der Waals surface area contributed by atoms with Crippen LogP contribution < -0.4 is 4.90 Å². The molecule has 1 aromatic rings. The van der Waals surface area contributed by atoms with Crippen LogP contribution in [0.5, 0.6) is 0 Å². The average molecular weight is 324 g/mol. The third-order valence-electron chi connectivity index (χ3n) is 3.99. The fraction of sp³-hybridized carbons (Fsp3) is 0.267. The number of allylic oxidation sites excluding steroid dienone is 3. The number of nitrogens with zero attached hydrogens (tertiary/aromatic N) is 2. The summed E-state index contributed by atoms with van der Waals surface area (Å²) in [7, 11) is 0. The van der Waals surface area contributed by atoms with Crippen molar-refractivity contribution < 1.29 is 27.9 Å². The monoisotopic (exact) mass is 324 g/mol. The predicted octanol–water partition coefficient (Wildman–Crippen LogP) is 1.99. The lowest BCUT2D eigenvalue weighted by atomic mass is 9.83. The summed E-state index contributed by atoms with van der Waals surface area (Å²) in [6.07, 6.45) is 1.95. The number of aromatic nitrogens is 1. The molecule has 1 fully saturated rings. The molecule has 2 unspecified atom stereocenters. The van der Waals surface area contributed by atoms with E-state index in [2.05, 4.69) is 4.98 Å². The highest BCUT2D eigenvalue weighted by Crippen LogP contribution is 2.51. The van der Waals surface area contributed by atoms with Crippen molar-refractivity contribution in [2.24, 2.45) is 5.92 Å². The van der Waals surface area contributed by atoms with Crippen LogP contribution in [0.1, 0.15) is 16.8 Å². The quantitative estimate of drug-likeness (QED) is 0.845. The lowest BCUT2D eigenvalue weighted by Crippen LogP contribution is -2.55. The minimum absolute atomic E-state index is 0.00586. The largest absolute Gasteiger partial charge is 0.427 e. The summed E-state index contributed by atoms with van der Waals surface area (Å²) >= 11 is 0. The van der Waals surface area contributed by atoms with Gasteiger partial charge >= 0.3 is 6.18 Å². The van der Waals surface area contributed by atoms with Gasteiger partial charge in [-0.05, 0) is 18.6 Å². The van der Waals surface area contributed by atoms with Crippen molar-refractivity contribution >= 4 is 17.9 Å². The molecule has 5 nitrogen and oxygen atoms in total. The van der Waals surface area contributed by atoms with Gasteiger partial charge in [-0.1, -0.05) is 12.2 Å². The smallest absolute Gasteiger partial charge is 0.372 e. The molecule has 2 heterocycles. The molecule has 2 atom stereocenters. The number of fused-ring (bicyclic) bond motifs is 1. The van der Waals surface area contributed by atoms with Crippen LogP contribution in [0.25, 0.3) is 0 Å². The molecule has 8 heteroatoms. The molecule has 1 amide bonds. The van der Waals surface area contributed by atoms with E-state index in [1.807, 2.05) is 0 Å². The lowest BCUT2D eigenvalue weighted by Gasteiger charge is -2.29. The van der Waals surface area contributed by atoms with Gasteiger partial charge in [-0.3, -0.25) is 19.5 Å². The number of hydrogen-bond donors (Lipinski definition) is 1. The Morgan fingerprint density at radius 3 is 2.78 bits per heavy atom. The Labute approximate surface area is 128 Å². The van der Waals surface area contributed by atoms with Crippen LogP contribution in [-0.4, -0.2) is 34.1 Å². The number of aliphatic hydroxyl groups is 1. The van der Waals surface area contributed by atoms with Crippen LogP contribution in [0.3, 0.4) is 0 Å². The average Bonchev–Trinajstić information content (AvgIpc) is 2.77. The minimum atomic E-state index is -5.12. The zero-order valence-corrected chi connectivity index (χ0v) is 11.6. The first-order valence-electron chi connectivity index (χ1n) is 6.71. The first-order valence-corrected chi connectivity index (χ1v) is 6.71. The molecule has 0 bridgehead atoms. The summed E-state index contributed by atoms with van der Waals surface area (Å²) in [6, 6.07) is 1.25. The highest BCUT2D eigenvalue weighted by molar-refractivity contribution is 6.07. The zero-order valence-electron chi connectivity index (χ0n) is 11.6. The summed E-state index contributed by atoms with van der Waals surface area (Å²) in [4.78, 5) is 27.8. The minimum Gasteiger partial charge on any atom is -0.372 e. The van der Waals surface area contributed by atoms with Crippen molar-refractivity contribution in [3.8, 4) is 0 Å². The Morgan fingerprint density at radius 2 is 2.13 bits per heavy atom. The van der Waals surface area contributed by atoms with Gasteiger partial charge in [0, 0.05) is 17.5 Å². The van der Waals surface area contributed by atoms with E-state index in [-0.39, 0.29) is 23.4 Å².